The molecule has 23 heavy (non-hydrogen) atoms. The van der Waals surface area contributed by atoms with E-state index in [0.717, 1.165) is 22.2 Å². The van der Waals surface area contributed by atoms with Gasteiger partial charge in [0.1, 0.15) is 0 Å². The Morgan fingerprint density at radius 2 is 1.74 bits per heavy atom. The van der Waals surface area contributed by atoms with E-state index in [1.54, 1.807) is 6.08 Å². The summed E-state index contributed by atoms with van der Waals surface area (Å²) >= 11 is 0. The van der Waals surface area contributed by atoms with Gasteiger partial charge < -0.3 is 5.32 Å². The van der Waals surface area contributed by atoms with Crippen molar-refractivity contribution in [2.45, 2.75) is 13.8 Å². The molecule has 0 heterocycles. The van der Waals surface area contributed by atoms with Crippen LogP contribution in [0.1, 0.15) is 16.7 Å². The lowest BCUT2D eigenvalue weighted by atomic mass is 10.0. The van der Waals surface area contributed by atoms with Gasteiger partial charge in [0.25, 0.3) is 0 Å². The highest BCUT2D eigenvalue weighted by Crippen LogP contribution is 2.20. The van der Waals surface area contributed by atoms with Crippen LogP contribution in [0.3, 0.4) is 0 Å². The molecule has 3 aromatic carbocycles. The molecule has 0 bridgehead atoms. The van der Waals surface area contributed by atoms with Crippen LogP contribution in [0, 0.1) is 13.8 Å². The van der Waals surface area contributed by atoms with E-state index in [0.29, 0.717) is 0 Å². The molecule has 0 unspecified atom stereocenters. The molecule has 0 aromatic heterocycles. The zero-order valence-electron chi connectivity index (χ0n) is 13.3. The smallest absolute Gasteiger partial charge is 0.248 e. The fraction of sp³-hybridized carbons (Fsp3) is 0.0952. The Morgan fingerprint density at radius 1 is 0.957 bits per heavy atom. The van der Waals surface area contributed by atoms with Gasteiger partial charge >= 0.3 is 0 Å². The number of amides is 1. The number of carbonyl (C=O) groups is 1. The molecule has 1 N–H and O–H groups in total. The van der Waals surface area contributed by atoms with Crippen LogP contribution < -0.4 is 5.32 Å². The summed E-state index contributed by atoms with van der Waals surface area (Å²) in [5.74, 6) is -0.120. The number of aryl methyl sites for hydroxylation is 2. The minimum absolute atomic E-state index is 0.120. The molecule has 114 valence electrons. The highest BCUT2D eigenvalue weighted by atomic mass is 16.1. The van der Waals surface area contributed by atoms with Gasteiger partial charge in [-0.3, -0.25) is 4.79 Å². The van der Waals surface area contributed by atoms with Crippen LogP contribution >= 0.6 is 0 Å². The third kappa shape index (κ3) is 3.49. The van der Waals surface area contributed by atoms with Crippen molar-refractivity contribution in [2.24, 2.45) is 0 Å². The van der Waals surface area contributed by atoms with E-state index in [9.17, 15) is 4.79 Å². The molecule has 0 saturated carbocycles. The van der Waals surface area contributed by atoms with Crippen LogP contribution in [0.5, 0.6) is 0 Å². The number of fused-ring (bicyclic) bond motifs is 1. The Balaban J connectivity index is 1.80. The Bertz CT molecular complexity index is 888. The number of carbonyl (C=O) groups excluding carboxylic acids is 1. The summed E-state index contributed by atoms with van der Waals surface area (Å²) in [6.07, 6.45) is 3.45. The van der Waals surface area contributed by atoms with Crippen LogP contribution in [0.25, 0.3) is 16.8 Å². The lowest BCUT2D eigenvalue weighted by Crippen LogP contribution is -2.08. The molecule has 0 radical (unpaired) electrons. The molecule has 0 fully saturated rings. The summed E-state index contributed by atoms with van der Waals surface area (Å²) in [4.78, 5) is 12.2. The van der Waals surface area contributed by atoms with Crippen molar-refractivity contribution < 1.29 is 4.79 Å². The van der Waals surface area contributed by atoms with E-state index >= 15 is 0 Å². The van der Waals surface area contributed by atoms with Crippen molar-refractivity contribution in [1.82, 2.24) is 0 Å². The fourth-order valence-corrected chi connectivity index (χ4v) is 2.69. The standard InChI is InChI=1S/C21H19NO/c1-15-10-12-20(16(2)14-15)22-21(23)13-11-18-8-5-7-17-6-3-4-9-19(17)18/h3-14H,1-2H3,(H,22,23)/b13-11+. The first-order chi connectivity index (χ1) is 11.1. The quantitative estimate of drug-likeness (QED) is 0.669. The van der Waals surface area contributed by atoms with Crippen molar-refractivity contribution in [3.8, 4) is 0 Å². The van der Waals surface area contributed by atoms with Crippen LogP contribution in [0.15, 0.2) is 66.7 Å². The molecule has 0 aliphatic rings. The molecule has 0 aliphatic carbocycles. The van der Waals surface area contributed by atoms with Gasteiger partial charge in [0.2, 0.25) is 5.91 Å². The third-order valence-corrected chi connectivity index (χ3v) is 3.88. The normalized spacial score (nSPS) is 11.0. The molecule has 3 rings (SSSR count). The van der Waals surface area contributed by atoms with E-state index < -0.39 is 0 Å². The van der Waals surface area contributed by atoms with Gasteiger partial charge in [-0.15, -0.1) is 0 Å². The summed E-state index contributed by atoms with van der Waals surface area (Å²) < 4.78 is 0. The number of hydrogen-bond donors (Lipinski definition) is 1. The van der Waals surface area contributed by atoms with Gasteiger partial charge in [0.05, 0.1) is 0 Å². The van der Waals surface area contributed by atoms with Crippen molar-refractivity contribution in [3.05, 3.63) is 83.4 Å². The zero-order chi connectivity index (χ0) is 16.2. The molecular formula is C21H19NO. The van der Waals surface area contributed by atoms with Gasteiger partial charge in [-0.05, 0) is 47.9 Å². The molecule has 2 heteroatoms. The van der Waals surface area contributed by atoms with Gasteiger partial charge in [0, 0.05) is 11.8 Å². The minimum atomic E-state index is -0.120. The van der Waals surface area contributed by atoms with Crippen molar-refractivity contribution in [1.29, 1.82) is 0 Å². The summed E-state index contributed by atoms with van der Waals surface area (Å²) in [6, 6.07) is 20.3. The first-order valence-electron chi connectivity index (χ1n) is 7.67. The molecular weight excluding hydrogens is 282 g/mol. The van der Waals surface area contributed by atoms with Crippen molar-refractivity contribution in [2.75, 3.05) is 5.32 Å². The lowest BCUT2D eigenvalue weighted by Gasteiger charge is -2.07. The zero-order valence-corrected chi connectivity index (χ0v) is 13.3. The molecule has 0 spiro atoms. The Hall–Kier alpha value is -2.87. The monoisotopic (exact) mass is 301 g/mol. The maximum atomic E-state index is 12.2. The average Bonchev–Trinajstić information content (AvgIpc) is 2.55. The fourth-order valence-electron chi connectivity index (χ4n) is 2.69. The SMILES string of the molecule is Cc1ccc(NC(=O)/C=C/c2cccc3ccccc23)c(C)c1. The maximum Gasteiger partial charge on any atom is 0.248 e. The number of rotatable bonds is 3. The van der Waals surface area contributed by atoms with Gasteiger partial charge in [-0.2, -0.15) is 0 Å². The second-order valence-electron chi connectivity index (χ2n) is 5.71. The van der Waals surface area contributed by atoms with Crippen LogP contribution in [0.2, 0.25) is 0 Å². The maximum absolute atomic E-state index is 12.2. The highest BCUT2D eigenvalue weighted by Gasteiger charge is 2.02. The first-order valence-corrected chi connectivity index (χ1v) is 7.67. The van der Waals surface area contributed by atoms with Crippen LogP contribution in [-0.4, -0.2) is 5.91 Å². The molecule has 1 amide bonds. The van der Waals surface area contributed by atoms with E-state index in [1.807, 2.05) is 56.3 Å². The summed E-state index contributed by atoms with van der Waals surface area (Å²) in [5, 5.41) is 5.24. The van der Waals surface area contributed by atoms with Crippen molar-refractivity contribution >= 4 is 28.4 Å². The number of anilines is 1. The van der Waals surface area contributed by atoms with E-state index in [-0.39, 0.29) is 5.91 Å². The average molecular weight is 301 g/mol. The summed E-state index contributed by atoms with van der Waals surface area (Å²) in [7, 11) is 0. The number of benzene rings is 3. The lowest BCUT2D eigenvalue weighted by molar-refractivity contribution is -0.111. The van der Waals surface area contributed by atoms with Gasteiger partial charge in [-0.1, -0.05) is 60.2 Å². The Labute approximate surface area is 136 Å². The molecule has 2 nitrogen and oxygen atoms in total. The molecule has 0 saturated heterocycles. The predicted molar refractivity (Wildman–Crippen MR) is 97.5 cm³/mol. The summed E-state index contributed by atoms with van der Waals surface area (Å²) in [6.45, 7) is 4.04. The van der Waals surface area contributed by atoms with Gasteiger partial charge in [-0.25, -0.2) is 0 Å². The van der Waals surface area contributed by atoms with Crippen LogP contribution in [-0.2, 0) is 4.79 Å². The first kappa shape index (κ1) is 15.0. The van der Waals surface area contributed by atoms with E-state index in [1.165, 1.54) is 10.9 Å². The Kier molecular flexibility index (Phi) is 4.24. The molecule has 3 aromatic rings. The number of nitrogens with one attached hydrogen (secondary N) is 1. The predicted octanol–water partition coefficient (Wildman–Crippen LogP) is 5.11. The highest BCUT2D eigenvalue weighted by molar-refractivity contribution is 6.03. The van der Waals surface area contributed by atoms with Crippen molar-refractivity contribution in [3.63, 3.8) is 0 Å². The van der Waals surface area contributed by atoms with E-state index in [2.05, 4.69) is 29.6 Å². The molecule has 0 aliphatic heterocycles. The second kappa shape index (κ2) is 6.49. The Morgan fingerprint density at radius 3 is 2.57 bits per heavy atom. The second-order valence-corrected chi connectivity index (χ2v) is 5.71. The summed E-state index contributed by atoms with van der Waals surface area (Å²) in [5.41, 5.74) is 4.14. The molecule has 0 atom stereocenters. The number of hydrogen-bond acceptors (Lipinski definition) is 1. The van der Waals surface area contributed by atoms with E-state index in [4.69, 9.17) is 0 Å². The topological polar surface area (TPSA) is 29.1 Å². The third-order valence-electron chi connectivity index (χ3n) is 3.88. The van der Waals surface area contributed by atoms with Gasteiger partial charge in [0.15, 0.2) is 0 Å². The van der Waals surface area contributed by atoms with Crippen LogP contribution in [0.4, 0.5) is 5.69 Å². The minimum Gasteiger partial charge on any atom is -0.322 e. The largest absolute Gasteiger partial charge is 0.322 e.